The highest BCUT2D eigenvalue weighted by Crippen LogP contribution is 2.12. The highest BCUT2D eigenvalue weighted by molar-refractivity contribution is 5.90. The number of amides is 1. The van der Waals surface area contributed by atoms with Gasteiger partial charge >= 0.3 is 0 Å². The fraction of sp³-hybridized carbons (Fsp3) is 0.353. The van der Waals surface area contributed by atoms with Gasteiger partial charge in [0, 0.05) is 12.7 Å². The molecular formula is C17H20N6O2. The largest absolute Gasteiger partial charge is 0.325 e. The molecule has 1 amide bonds. The summed E-state index contributed by atoms with van der Waals surface area (Å²) in [5.41, 5.74) is 2.10. The Balaban J connectivity index is 1.68. The molecule has 0 spiro atoms. The molecule has 0 aliphatic rings. The SMILES string of the molecule is CCCCc1ccc(NC(=O)Cn2cnc3c(nnn3C)c2=O)cc1. The van der Waals surface area contributed by atoms with E-state index in [-0.39, 0.29) is 23.5 Å². The van der Waals surface area contributed by atoms with Crippen LogP contribution >= 0.6 is 0 Å². The Labute approximate surface area is 144 Å². The van der Waals surface area contributed by atoms with E-state index in [1.165, 1.54) is 21.1 Å². The van der Waals surface area contributed by atoms with Crippen molar-refractivity contribution < 1.29 is 4.79 Å². The van der Waals surface area contributed by atoms with Gasteiger partial charge in [0.15, 0.2) is 11.2 Å². The van der Waals surface area contributed by atoms with Crippen molar-refractivity contribution in [1.29, 1.82) is 0 Å². The number of carbonyl (C=O) groups is 1. The molecule has 2 heterocycles. The van der Waals surface area contributed by atoms with Crippen LogP contribution < -0.4 is 10.9 Å². The number of anilines is 1. The maximum Gasteiger partial charge on any atom is 0.283 e. The van der Waals surface area contributed by atoms with Crippen molar-refractivity contribution in [3.8, 4) is 0 Å². The maximum atomic E-state index is 12.3. The van der Waals surface area contributed by atoms with Crippen LogP contribution in [0.1, 0.15) is 25.3 Å². The summed E-state index contributed by atoms with van der Waals surface area (Å²) in [6.45, 7) is 2.03. The van der Waals surface area contributed by atoms with Gasteiger partial charge in [-0.15, -0.1) is 5.10 Å². The van der Waals surface area contributed by atoms with Gasteiger partial charge in [0.1, 0.15) is 12.9 Å². The molecule has 2 aromatic heterocycles. The zero-order chi connectivity index (χ0) is 17.8. The molecule has 8 nitrogen and oxygen atoms in total. The van der Waals surface area contributed by atoms with Gasteiger partial charge in [-0.2, -0.15) is 0 Å². The van der Waals surface area contributed by atoms with Crippen LogP contribution in [0.4, 0.5) is 5.69 Å². The Kier molecular flexibility index (Phi) is 4.87. The van der Waals surface area contributed by atoms with Gasteiger partial charge < -0.3 is 5.32 Å². The molecule has 0 bridgehead atoms. The number of unbranched alkanes of at least 4 members (excludes halogenated alkanes) is 1. The summed E-state index contributed by atoms with van der Waals surface area (Å²) in [7, 11) is 1.66. The lowest BCUT2D eigenvalue weighted by Gasteiger charge is -2.08. The standard InChI is InChI=1S/C17H20N6O2/c1-3-4-5-12-6-8-13(9-7-12)19-14(24)10-23-11-18-16-15(17(23)25)20-21-22(16)2/h6-9,11H,3-5,10H2,1-2H3,(H,19,24). The van der Waals surface area contributed by atoms with Crippen LogP contribution in [0.2, 0.25) is 0 Å². The van der Waals surface area contributed by atoms with E-state index in [2.05, 4.69) is 27.5 Å². The third-order valence-corrected chi connectivity index (χ3v) is 3.95. The number of benzene rings is 1. The first-order valence-electron chi connectivity index (χ1n) is 8.22. The molecule has 0 fully saturated rings. The highest BCUT2D eigenvalue weighted by Gasteiger charge is 2.12. The Morgan fingerprint density at radius 2 is 2.00 bits per heavy atom. The minimum absolute atomic E-state index is 0.129. The molecule has 0 radical (unpaired) electrons. The molecule has 0 atom stereocenters. The summed E-state index contributed by atoms with van der Waals surface area (Å²) in [5.74, 6) is -0.298. The van der Waals surface area contributed by atoms with Gasteiger partial charge in [-0.3, -0.25) is 14.2 Å². The molecule has 0 saturated carbocycles. The molecule has 0 aliphatic carbocycles. The minimum atomic E-state index is -0.386. The summed E-state index contributed by atoms with van der Waals surface area (Å²) >= 11 is 0. The number of nitrogens with one attached hydrogen (secondary N) is 1. The fourth-order valence-corrected chi connectivity index (χ4v) is 2.55. The summed E-state index contributed by atoms with van der Waals surface area (Å²) in [6.07, 6.45) is 4.66. The number of aryl methyl sites for hydroxylation is 2. The molecule has 130 valence electrons. The molecule has 0 aliphatic heterocycles. The molecule has 1 aromatic carbocycles. The molecule has 0 saturated heterocycles. The Morgan fingerprint density at radius 3 is 2.72 bits per heavy atom. The zero-order valence-corrected chi connectivity index (χ0v) is 14.3. The third-order valence-electron chi connectivity index (χ3n) is 3.95. The van der Waals surface area contributed by atoms with E-state index < -0.39 is 0 Å². The average molecular weight is 340 g/mol. The topological polar surface area (TPSA) is 94.7 Å². The fourth-order valence-electron chi connectivity index (χ4n) is 2.55. The second-order valence-electron chi connectivity index (χ2n) is 5.91. The molecule has 3 rings (SSSR count). The van der Waals surface area contributed by atoms with Gasteiger partial charge in [0.05, 0.1) is 0 Å². The Hall–Kier alpha value is -3.03. The number of hydrogen-bond donors (Lipinski definition) is 1. The minimum Gasteiger partial charge on any atom is -0.325 e. The van der Waals surface area contributed by atoms with E-state index in [4.69, 9.17) is 0 Å². The third kappa shape index (κ3) is 3.73. The number of hydrogen-bond acceptors (Lipinski definition) is 5. The van der Waals surface area contributed by atoms with E-state index in [9.17, 15) is 9.59 Å². The lowest BCUT2D eigenvalue weighted by molar-refractivity contribution is -0.116. The normalized spacial score (nSPS) is 11.0. The Morgan fingerprint density at radius 1 is 1.24 bits per heavy atom. The number of nitrogens with zero attached hydrogens (tertiary/aromatic N) is 5. The average Bonchev–Trinajstić information content (AvgIpc) is 2.98. The Bertz CT molecular complexity index is 942. The molecular weight excluding hydrogens is 320 g/mol. The van der Waals surface area contributed by atoms with Gasteiger partial charge in [0.25, 0.3) is 5.56 Å². The molecule has 25 heavy (non-hydrogen) atoms. The number of aromatic nitrogens is 5. The molecule has 1 N–H and O–H groups in total. The van der Waals surface area contributed by atoms with Crippen LogP contribution in [0.15, 0.2) is 35.4 Å². The summed E-state index contributed by atoms with van der Waals surface area (Å²) in [5, 5.41) is 10.3. The van der Waals surface area contributed by atoms with E-state index >= 15 is 0 Å². The quantitative estimate of drug-likeness (QED) is 0.734. The second-order valence-corrected chi connectivity index (χ2v) is 5.91. The van der Waals surface area contributed by atoms with Crippen molar-refractivity contribution in [3.63, 3.8) is 0 Å². The maximum absolute atomic E-state index is 12.3. The van der Waals surface area contributed by atoms with E-state index in [0.717, 1.165) is 19.3 Å². The predicted molar refractivity (Wildman–Crippen MR) is 94.2 cm³/mol. The molecule has 0 unspecified atom stereocenters. The van der Waals surface area contributed by atoms with Crippen molar-refractivity contribution in [3.05, 3.63) is 46.5 Å². The van der Waals surface area contributed by atoms with Crippen LogP contribution in [-0.2, 0) is 24.8 Å². The van der Waals surface area contributed by atoms with E-state index in [0.29, 0.717) is 11.3 Å². The van der Waals surface area contributed by atoms with Crippen molar-refractivity contribution in [2.24, 2.45) is 7.05 Å². The second kappa shape index (κ2) is 7.25. The van der Waals surface area contributed by atoms with Gasteiger partial charge in [-0.1, -0.05) is 30.7 Å². The summed E-state index contributed by atoms with van der Waals surface area (Å²) in [6, 6.07) is 7.75. The first-order valence-corrected chi connectivity index (χ1v) is 8.22. The monoisotopic (exact) mass is 340 g/mol. The van der Waals surface area contributed by atoms with Crippen LogP contribution in [0.3, 0.4) is 0 Å². The number of rotatable bonds is 6. The summed E-state index contributed by atoms with van der Waals surface area (Å²) < 4.78 is 2.64. The van der Waals surface area contributed by atoms with E-state index in [1.54, 1.807) is 7.05 Å². The lowest BCUT2D eigenvalue weighted by Crippen LogP contribution is -2.28. The number of carbonyl (C=O) groups excluding carboxylic acids is 1. The van der Waals surface area contributed by atoms with Gasteiger partial charge in [-0.05, 0) is 30.5 Å². The first kappa shape index (κ1) is 16.8. The van der Waals surface area contributed by atoms with E-state index in [1.807, 2.05) is 24.3 Å². The zero-order valence-electron chi connectivity index (χ0n) is 14.3. The lowest BCUT2D eigenvalue weighted by atomic mass is 10.1. The van der Waals surface area contributed by atoms with Crippen molar-refractivity contribution in [2.45, 2.75) is 32.7 Å². The molecule has 3 aromatic rings. The first-order chi connectivity index (χ1) is 12.1. The smallest absolute Gasteiger partial charge is 0.283 e. The predicted octanol–water partition coefficient (Wildman–Crippen LogP) is 1.51. The van der Waals surface area contributed by atoms with Crippen LogP contribution in [0.25, 0.3) is 11.2 Å². The van der Waals surface area contributed by atoms with Crippen molar-refractivity contribution in [2.75, 3.05) is 5.32 Å². The van der Waals surface area contributed by atoms with Crippen LogP contribution in [0, 0.1) is 0 Å². The van der Waals surface area contributed by atoms with Crippen molar-refractivity contribution >= 4 is 22.8 Å². The highest BCUT2D eigenvalue weighted by atomic mass is 16.2. The number of fused-ring (bicyclic) bond motifs is 1. The van der Waals surface area contributed by atoms with Crippen LogP contribution in [0.5, 0.6) is 0 Å². The summed E-state index contributed by atoms with van der Waals surface area (Å²) in [4.78, 5) is 28.6. The van der Waals surface area contributed by atoms with Crippen molar-refractivity contribution in [1.82, 2.24) is 24.5 Å². The van der Waals surface area contributed by atoms with Gasteiger partial charge in [-0.25, -0.2) is 9.67 Å². The van der Waals surface area contributed by atoms with Gasteiger partial charge in [0.2, 0.25) is 5.91 Å². The molecule has 8 heteroatoms. The van der Waals surface area contributed by atoms with Crippen LogP contribution in [-0.4, -0.2) is 30.5 Å².